The molecule has 100 valence electrons. The van der Waals surface area contributed by atoms with E-state index in [0.717, 1.165) is 30.5 Å². The molecule has 0 aromatic carbocycles. The zero-order valence-corrected chi connectivity index (χ0v) is 11.5. The van der Waals surface area contributed by atoms with Crippen molar-refractivity contribution in [2.24, 2.45) is 0 Å². The van der Waals surface area contributed by atoms with E-state index in [1.165, 1.54) is 19.2 Å². The van der Waals surface area contributed by atoms with Gasteiger partial charge in [-0.05, 0) is 25.8 Å². The number of rotatable bonds is 6. The maximum absolute atomic E-state index is 5.91. The van der Waals surface area contributed by atoms with Crippen molar-refractivity contribution in [3.05, 3.63) is 11.9 Å². The van der Waals surface area contributed by atoms with Crippen molar-refractivity contribution < 1.29 is 0 Å². The van der Waals surface area contributed by atoms with Crippen molar-refractivity contribution in [2.45, 2.75) is 38.6 Å². The molecule has 0 spiro atoms. The molecule has 1 fully saturated rings. The molecule has 2 rings (SSSR count). The highest BCUT2D eigenvalue weighted by atomic mass is 15.2. The van der Waals surface area contributed by atoms with Gasteiger partial charge >= 0.3 is 0 Å². The molecule has 5 nitrogen and oxygen atoms in total. The molecule has 0 radical (unpaired) electrons. The number of nitrogens with zero attached hydrogens (tertiary/aromatic N) is 3. The minimum Gasteiger partial charge on any atom is -0.383 e. The third kappa shape index (κ3) is 3.10. The Morgan fingerprint density at radius 2 is 2.17 bits per heavy atom. The van der Waals surface area contributed by atoms with Crippen LogP contribution in [0.2, 0.25) is 0 Å². The van der Waals surface area contributed by atoms with E-state index in [0.29, 0.717) is 11.7 Å². The Labute approximate surface area is 109 Å². The Balaban J connectivity index is 1.93. The summed E-state index contributed by atoms with van der Waals surface area (Å²) in [5.41, 5.74) is 6.93. The fourth-order valence-corrected chi connectivity index (χ4v) is 2.17. The van der Waals surface area contributed by atoms with E-state index >= 15 is 0 Å². The second-order valence-electron chi connectivity index (χ2n) is 5.31. The molecule has 1 aliphatic rings. The first-order valence-corrected chi connectivity index (χ1v) is 6.64. The van der Waals surface area contributed by atoms with Crippen molar-refractivity contribution in [1.29, 1.82) is 0 Å². The van der Waals surface area contributed by atoms with E-state index in [1.54, 1.807) is 0 Å². The smallest absolute Gasteiger partial charge is 0.135 e. The summed E-state index contributed by atoms with van der Waals surface area (Å²) in [5, 5.41) is 3.38. The molecule has 5 heteroatoms. The molecule has 0 unspecified atom stereocenters. The number of likely N-dealkylation sites (N-methyl/N-ethyl adjacent to an activating group) is 1. The number of nitrogens with one attached hydrogen (secondary N) is 1. The van der Waals surface area contributed by atoms with E-state index < -0.39 is 0 Å². The second-order valence-corrected chi connectivity index (χ2v) is 5.31. The first-order valence-electron chi connectivity index (χ1n) is 6.64. The standard InChI is InChI=1S/C13H23N5/c1-9(2)11-12(14)16-8-17-13(11)15-6-7-18(3)10-4-5-10/h8-10H,4-7H2,1-3H3,(H3,14,15,16,17). The molecule has 3 N–H and O–H groups in total. The van der Waals surface area contributed by atoms with Crippen LogP contribution in [0.25, 0.3) is 0 Å². The van der Waals surface area contributed by atoms with Crippen molar-refractivity contribution >= 4 is 11.6 Å². The first-order chi connectivity index (χ1) is 8.59. The summed E-state index contributed by atoms with van der Waals surface area (Å²) in [5.74, 6) is 1.79. The minimum absolute atomic E-state index is 0.329. The van der Waals surface area contributed by atoms with Gasteiger partial charge in [-0.3, -0.25) is 0 Å². The summed E-state index contributed by atoms with van der Waals surface area (Å²) in [4.78, 5) is 10.8. The normalized spacial score (nSPS) is 15.4. The first kappa shape index (κ1) is 13.1. The van der Waals surface area contributed by atoms with Crippen molar-refractivity contribution in [3.63, 3.8) is 0 Å². The van der Waals surface area contributed by atoms with Gasteiger partial charge in [0.2, 0.25) is 0 Å². The van der Waals surface area contributed by atoms with Gasteiger partial charge in [-0.15, -0.1) is 0 Å². The van der Waals surface area contributed by atoms with Crippen LogP contribution in [-0.2, 0) is 0 Å². The average Bonchev–Trinajstić information content (AvgIpc) is 3.12. The molecular weight excluding hydrogens is 226 g/mol. The average molecular weight is 249 g/mol. The van der Waals surface area contributed by atoms with E-state index in [1.807, 2.05) is 0 Å². The third-order valence-corrected chi connectivity index (χ3v) is 3.42. The molecule has 1 heterocycles. The van der Waals surface area contributed by atoms with Gasteiger partial charge in [-0.25, -0.2) is 9.97 Å². The van der Waals surface area contributed by atoms with E-state index in [9.17, 15) is 0 Å². The van der Waals surface area contributed by atoms with Crippen LogP contribution in [0.3, 0.4) is 0 Å². The van der Waals surface area contributed by atoms with Gasteiger partial charge in [0.15, 0.2) is 0 Å². The fraction of sp³-hybridized carbons (Fsp3) is 0.692. The molecule has 1 aromatic heterocycles. The van der Waals surface area contributed by atoms with Crippen LogP contribution in [0, 0.1) is 0 Å². The SMILES string of the molecule is CC(C)c1c(N)ncnc1NCCN(C)C1CC1. The zero-order valence-electron chi connectivity index (χ0n) is 11.5. The van der Waals surface area contributed by atoms with E-state index in [4.69, 9.17) is 5.73 Å². The van der Waals surface area contributed by atoms with E-state index in [-0.39, 0.29) is 0 Å². The lowest BCUT2D eigenvalue weighted by Crippen LogP contribution is -2.27. The van der Waals surface area contributed by atoms with Gasteiger partial charge in [0.25, 0.3) is 0 Å². The predicted octanol–water partition coefficient (Wildman–Crippen LogP) is 1.69. The van der Waals surface area contributed by atoms with Gasteiger partial charge in [-0.1, -0.05) is 13.8 Å². The molecule has 1 aromatic rings. The Kier molecular flexibility index (Phi) is 4.01. The Morgan fingerprint density at radius 3 is 2.78 bits per heavy atom. The van der Waals surface area contributed by atoms with Gasteiger partial charge in [0, 0.05) is 24.7 Å². The molecule has 0 aliphatic heterocycles. The van der Waals surface area contributed by atoms with Crippen LogP contribution < -0.4 is 11.1 Å². The van der Waals surface area contributed by atoms with Crippen molar-refractivity contribution in [2.75, 3.05) is 31.2 Å². The Morgan fingerprint density at radius 1 is 1.44 bits per heavy atom. The van der Waals surface area contributed by atoms with Gasteiger partial charge in [0.05, 0.1) is 0 Å². The summed E-state index contributed by atoms with van der Waals surface area (Å²) in [6.45, 7) is 6.14. The maximum atomic E-state index is 5.91. The third-order valence-electron chi connectivity index (χ3n) is 3.42. The largest absolute Gasteiger partial charge is 0.383 e. The highest BCUT2D eigenvalue weighted by Gasteiger charge is 2.25. The van der Waals surface area contributed by atoms with Crippen LogP contribution >= 0.6 is 0 Å². The van der Waals surface area contributed by atoms with Crippen LogP contribution in [0.4, 0.5) is 11.6 Å². The highest BCUT2D eigenvalue weighted by molar-refractivity contribution is 5.56. The quantitative estimate of drug-likeness (QED) is 0.803. The Bertz CT molecular complexity index is 400. The fourth-order valence-electron chi connectivity index (χ4n) is 2.17. The van der Waals surface area contributed by atoms with Crippen LogP contribution in [0.1, 0.15) is 38.2 Å². The number of nitrogens with two attached hydrogens (primary N) is 1. The molecule has 1 saturated carbocycles. The van der Waals surface area contributed by atoms with Crippen LogP contribution in [0.5, 0.6) is 0 Å². The second kappa shape index (κ2) is 5.52. The number of hydrogen-bond donors (Lipinski definition) is 2. The monoisotopic (exact) mass is 249 g/mol. The molecule has 1 aliphatic carbocycles. The summed E-state index contributed by atoms with van der Waals surface area (Å²) >= 11 is 0. The lowest BCUT2D eigenvalue weighted by molar-refractivity contribution is 0.337. The van der Waals surface area contributed by atoms with Crippen molar-refractivity contribution in [1.82, 2.24) is 14.9 Å². The maximum Gasteiger partial charge on any atom is 0.135 e. The summed E-state index contributed by atoms with van der Waals surface area (Å²) in [6, 6.07) is 0.798. The lowest BCUT2D eigenvalue weighted by atomic mass is 10.0. The van der Waals surface area contributed by atoms with Gasteiger partial charge in [-0.2, -0.15) is 0 Å². The van der Waals surface area contributed by atoms with Crippen molar-refractivity contribution in [3.8, 4) is 0 Å². The van der Waals surface area contributed by atoms with Crippen LogP contribution in [0.15, 0.2) is 6.33 Å². The summed E-state index contributed by atoms with van der Waals surface area (Å²) < 4.78 is 0. The zero-order chi connectivity index (χ0) is 13.1. The minimum atomic E-state index is 0.329. The summed E-state index contributed by atoms with van der Waals surface area (Å²) in [7, 11) is 2.18. The topological polar surface area (TPSA) is 67.1 Å². The lowest BCUT2D eigenvalue weighted by Gasteiger charge is -2.18. The molecule has 0 atom stereocenters. The molecule has 18 heavy (non-hydrogen) atoms. The van der Waals surface area contributed by atoms with Gasteiger partial charge in [0.1, 0.15) is 18.0 Å². The number of nitrogen functional groups attached to an aromatic ring is 1. The van der Waals surface area contributed by atoms with Crippen LogP contribution in [-0.4, -0.2) is 41.0 Å². The van der Waals surface area contributed by atoms with E-state index in [2.05, 4.69) is 41.1 Å². The molecular formula is C13H23N5. The number of hydrogen-bond acceptors (Lipinski definition) is 5. The molecule has 0 amide bonds. The van der Waals surface area contributed by atoms with Gasteiger partial charge < -0.3 is 16.0 Å². The molecule has 0 saturated heterocycles. The number of aromatic nitrogens is 2. The molecule has 0 bridgehead atoms. The highest BCUT2D eigenvalue weighted by Crippen LogP contribution is 2.27. The Hall–Kier alpha value is -1.36. The predicted molar refractivity (Wildman–Crippen MR) is 74.7 cm³/mol. The number of anilines is 2. The summed E-state index contributed by atoms with van der Waals surface area (Å²) in [6.07, 6.45) is 4.20.